The zero-order valence-corrected chi connectivity index (χ0v) is 19.4. The molecular weight excluding hydrogens is 340 g/mol. The molecule has 4 aliphatic rings. The third kappa shape index (κ3) is 3.83. The van der Waals surface area contributed by atoms with Gasteiger partial charge in [-0.1, -0.05) is 47.0 Å². The molecule has 28 heavy (non-hydrogen) atoms. The predicted octanol–water partition coefficient (Wildman–Crippen LogP) is 7.61. The Labute approximate surface area is 175 Å². The Balaban J connectivity index is 1.38. The van der Waals surface area contributed by atoms with Crippen molar-refractivity contribution in [3.05, 3.63) is 0 Å². The molecule has 0 aliphatic heterocycles. The van der Waals surface area contributed by atoms with Gasteiger partial charge >= 0.3 is 0 Å². The van der Waals surface area contributed by atoms with E-state index in [1.807, 2.05) is 0 Å². The van der Waals surface area contributed by atoms with E-state index in [0.29, 0.717) is 5.41 Å². The van der Waals surface area contributed by atoms with Gasteiger partial charge in [0.05, 0.1) is 5.60 Å². The highest BCUT2D eigenvalue weighted by Crippen LogP contribution is 2.65. The van der Waals surface area contributed by atoms with Crippen LogP contribution in [-0.2, 0) is 0 Å². The summed E-state index contributed by atoms with van der Waals surface area (Å²) in [6, 6.07) is 0. The van der Waals surface area contributed by atoms with Crippen molar-refractivity contribution in [3.8, 4) is 0 Å². The van der Waals surface area contributed by atoms with Crippen LogP contribution in [0.3, 0.4) is 0 Å². The number of unbranched alkanes of at least 4 members (excludes halogenated alkanes) is 1. The van der Waals surface area contributed by atoms with Crippen LogP contribution in [0.15, 0.2) is 0 Å². The lowest BCUT2D eigenvalue weighted by Gasteiger charge is -2.57. The van der Waals surface area contributed by atoms with Gasteiger partial charge in [0.2, 0.25) is 0 Å². The number of aliphatic hydroxyl groups is 1. The van der Waals surface area contributed by atoms with E-state index in [0.717, 1.165) is 60.7 Å². The topological polar surface area (TPSA) is 20.2 Å². The van der Waals surface area contributed by atoms with Crippen molar-refractivity contribution in [2.24, 2.45) is 46.8 Å². The van der Waals surface area contributed by atoms with Crippen LogP contribution in [0.4, 0.5) is 0 Å². The normalized spacial score (nSPS) is 48.2. The third-order valence-electron chi connectivity index (χ3n) is 10.5. The summed E-state index contributed by atoms with van der Waals surface area (Å²) in [5, 5.41) is 10.9. The first-order valence-corrected chi connectivity index (χ1v) is 13.1. The first-order valence-electron chi connectivity index (χ1n) is 13.1. The maximum Gasteiger partial charge on any atom is 0.0648 e. The fourth-order valence-corrected chi connectivity index (χ4v) is 8.81. The lowest BCUT2D eigenvalue weighted by atomic mass is 9.48. The van der Waals surface area contributed by atoms with Crippen LogP contribution in [-0.4, -0.2) is 10.7 Å². The molecule has 1 N–H and O–H groups in total. The van der Waals surface area contributed by atoms with E-state index in [-0.39, 0.29) is 5.60 Å². The first kappa shape index (κ1) is 21.2. The second-order valence-electron chi connectivity index (χ2n) is 12.3. The summed E-state index contributed by atoms with van der Waals surface area (Å²) >= 11 is 0. The molecule has 0 aromatic heterocycles. The molecular formula is C27H48O. The van der Waals surface area contributed by atoms with E-state index in [1.165, 1.54) is 70.6 Å². The van der Waals surface area contributed by atoms with Gasteiger partial charge in [0, 0.05) is 0 Å². The average molecular weight is 389 g/mol. The standard InChI is InChI=1S/C27H48O/c1-5-27(28)17-15-22-20(18-27)10-12-24-23(22)14-16-26(4)21(11-13-25(24)26)9-7-6-8-19(2)3/h19-25,28H,5-18H2,1-4H3/t20?,21?,22?,23?,24?,25?,26-,27+/m1/s1. The molecule has 1 heteroatoms. The quantitative estimate of drug-likeness (QED) is 0.464. The van der Waals surface area contributed by atoms with Crippen molar-refractivity contribution in [2.75, 3.05) is 0 Å². The maximum absolute atomic E-state index is 10.9. The third-order valence-corrected chi connectivity index (χ3v) is 10.5. The predicted molar refractivity (Wildman–Crippen MR) is 119 cm³/mol. The van der Waals surface area contributed by atoms with Crippen LogP contribution in [0.25, 0.3) is 0 Å². The molecule has 4 rings (SSSR count). The summed E-state index contributed by atoms with van der Waals surface area (Å²) in [5.41, 5.74) is 0.330. The molecule has 0 aromatic carbocycles. The van der Waals surface area contributed by atoms with Gasteiger partial charge in [-0.25, -0.2) is 0 Å². The van der Waals surface area contributed by atoms with Gasteiger partial charge in [0.1, 0.15) is 0 Å². The molecule has 0 spiro atoms. The molecule has 0 aromatic rings. The first-order chi connectivity index (χ1) is 13.4. The van der Waals surface area contributed by atoms with Gasteiger partial charge in [0.25, 0.3) is 0 Å². The molecule has 0 amide bonds. The highest BCUT2D eigenvalue weighted by molar-refractivity contribution is 5.06. The molecule has 162 valence electrons. The molecule has 4 saturated carbocycles. The van der Waals surface area contributed by atoms with Crippen LogP contribution < -0.4 is 0 Å². The van der Waals surface area contributed by atoms with Crippen molar-refractivity contribution in [1.29, 1.82) is 0 Å². The van der Waals surface area contributed by atoms with Gasteiger partial charge in [-0.3, -0.25) is 0 Å². The molecule has 0 bridgehead atoms. The number of fused-ring (bicyclic) bond motifs is 5. The Morgan fingerprint density at radius 2 is 1.68 bits per heavy atom. The van der Waals surface area contributed by atoms with E-state index >= 15 is 0 Å². The van der Waals surface area contributed by atoms with E-state index in [1.54, 1.807) is 0 Å². The van der Waals surface area contributed by atoms with E-state index in [4.69, 9.17) is 0 Å². The number of rotatable bonds is 6. The van der Waals surface area contributed by atoms with Crippen molar-refractivity contribution < 1.29 is 5.11 Å². The molecule has 0 heterocycles. The summed E-state index contributed by atoms with van der Waals surface area (Å²) in [6.07, 6.45) is 19.3. The van der Waals surface area contributed by atoms with Crippen LogP contribution in [0.2, 0.25) is 0 Å². The number of hydrogen-bond donors (Lipinski definition) is 1. The lowest BCUT2D eigenvalue weighted by molar-refractivity contribution is -0.107. The van der Waals surface area contributed by atoms with E-state index in [2.05, 4.69) is 27.7 Å². The summed E-state index contributed by atoms with van der Waals surface area (Å²) in [4.78, 5) is 0. The Morgan fingerprint density at radius 1 is 0.893 bits per heavy atom. The van der Waals surface area contributed by atoms with Crippen LogP contribution in [0, 0.1) is 46.8 Å². The van der Waals surface area contributed by atoms with Gasteiger partial charge in [-0.15, -0.1) is 0 Å². The zero-order chi connectivity index (χ0) is 19.9. The Hall–Kier alpha value is -0.0400. The minimum Gasteiger partial charge on any atom is -0.390 e. The van der Waals surface area contributed by atoms with E-state index < -0.39 is 0 Å². The summed E-state index contributed by atoms with van der Waals surface area (Å²) in [5.74, 6) is 6.71. The summed E-state index contributed by atoms with van der Waals surface area (Å²) in [7, 11) is 0. The maximum atomic E-state index is 10.9. The Bertz CT molecular complexity index is 526. The van der Waals surface area contributed by atoms with Crippen LogP contribution in [0.5, 0.6) is 0 Å². The number of hydrogen-bond acceptors (Lipinski definition) is 1. The van der Waals surface area contributed by atoms with Crippen molar-refractivity contribution >= 4 is 0 Å². The zero-order valence-electron chi connectivity index (χ0n) is 19.4. The minimum atomic E-state index is -0.328. The van der Waals surface area contributed by atoms with Crippen molar-refractivity contribution in [2.45, 2.75) is 123 Å². The second kappa shape index (κ2) is 8.24. The molecule has 0 saturated heterocycles. The molecule has 6 unspecified atom stereocenters. The largest absolute Gasteiger partial charge is 0.390 e. The van der Waals surface area contributed by atoms with Crippen LogP contribution >= 0.6 is 0 Å². The summed E-state index contributed by atoms with van der Waals surface area (Å²) in [6.45, 7) is 9.64. The molecule has 8 atom stereocenters. The lowest BCUT2D eigenvalue weighted by Crippen LogP contribution is -2.50. The molecule has 4 fully saturated rings. The second-order valence-corrected chi connectivity index (χ2v) is 12.3. The summed E-state index contributed by atoms with van der Waals surface area (Å²) < 4.78 is 0. The average Bonchev–Trinajstić information content (AvgIpc) is 3.01. The molecule has 0 radical (unpaired) electrons. The van der Waals surface area contributed by atoms with Crippen molar-refractivity contribution in [3.63, 3.8) is 0 Å². The van der Waals surface area contributed by atoms with Crippen LogP contribution in [0.1, 0.15) is 118 Å². The molecule has 1 nitrogen and oxygen atoms in total. The SMILES string of the molecule is CC[C@]1(O)CCC2C(CCC3C2CC[C@]2(C)C(CCCCC(C)C)CCC32)C1. The van der Waals surface area contributed by atoms with Gasteiger partial charge in [0.15, 0.2) is 0 Å². The minimum absolute atomic E-state index is 0.328. The Morgan fingerprint density at radius 3 is 2.43 bits per heavy atom. The fourth-order valence-electron chi connectivity index (χ4n) is 8.81. The fraction of sp³-hybridized carbons (Fsp3) is 1.00. The van der Waals surface area contributed by atoms with Gasteiger partial charge in [-0.05, 0) is 117 Å². The van der Waals surface area contributed by atoms with Crippen molar-refractivity contribution in [1.82, 2.24) is 0 Å². The van der Waals surface area contributed by atoms with Gasteiger partial charge < -0.3 is 5.11 Å². The van der Waals surface area contributed by atoms with E-state index in [9.17, 15) is 5.11 Å². The highest BCUT2D eigenvalue weighted by atomic mass is 16.3. The Kier molecular flexibility index (Phi) is 6.24. The van der Waals surface area contributed by atoms with Gasteiger partial charge in [-0.2, -0.15) is 0 Å². The molecule has 4 aliphatic carbocycles. The smallest absolute Gasteiger partial charge is 0.0648 e. The monoisotopic (exact) mass is 388 g/mol. The highest BCUT2D eigenvalue weighted by Gasteiger charge is 2.57.